The largest absolute Gasteiger partial charge is 0.492 e. The lowest BCUT2D eigenvalue weighted by Crippen LogP contribution is -2.53. The second-order valence-electron chi connectivity index (χ2n) is 5.87. The summed E-state index contributed by atoms with van der Waals surface area (Å²) in [4.78, 5) is 22.8. The first kappa shape index (κ1) is 19.0. The topological polar surface area (TPSA) is 117 Å². The summed E-state index contributed by atoms with van der Waals surface area (Å²) in [5.41, 5.74) is -2.12. The van der Waals surface area contributed by atoms with Gasteiger partial charge < -0.3 is 30.3 Å². The summed E-state index contributed by atoms with van der Waals surface area (Å²) < 4.78 is 11.6. The lowest BCUT2D eigenvalue weighted by atomic mass is 9.96. The van der Waals surface area contributed by atoms with Gasteiger partial charge in [-0.3, -0.25) is 0 Å². The Hall–Kier alpha value is -2.32. The van der Waals surface area contributed by atoms with E-state index in [1.54, 1.807) is 19.1 Å². The first-order valence-corrected chi connectivity index (χ1v) is 8.30. The molecule has 0 spiro atoms. The molecule has 2 atom stereocenters. The Balaban J connectivity index is 2.29. The molecule has 0 bridgehead atoms. The third-order valence-electron chi connectivity index (χ3n) is 4.09. The summed E-state index contributed by atoms with van der Waals surface area (Å²) in [5.74, 6) is -2.23. The van der Waals surface area contributed by atoms with Crippen molar-refractivity contribution in [1.82, 2.24) is 10.6 Å². The standard InChI is InChI=1S/C17H24N2O6/c1-2-25-17(13(16(22)23)9-15(20)21)14(6-4-8-19-17)24-11-12-5-3-7-18-10-12/h4,6,8-9,12,18-19H,2-3,5,7,10-11H2,1H3,(H,20,21)(H,22,23)/b13-9-/t12?,17-/m0/s1. The number of allylic oxidation sites excluding steroid dienone is 2. The maximum atomic E-state index is 11.7. The van der Waals surface area contributed by atoms with Crippen molar-refractivity contribution in [2.24, 2.45) is 5.92 Å². The van der Waals surface area contributed by atoms with Gasteiger partial charge in [-0.05, 0) is 44.7 Å². The van der Waals surface area contributed by atoms with Gasteiger partial charge >= 0.3 is 11.9 Å². The Bertz CT molecular complexity index is 592. The van der Waals surface area contributed by atoms with Crippen LogP contribution in [0.1, 0.15) is 19.8 Å². The molecule has 1 fully saturated rings. The van der Waals surface area contributed by atoms with Crippen molar-refractivity contribution in [2.45, 2.75) is 25.5 Å². The van der Waals surface area contributed by atoms with E-state index in [0.717, 1.165) is 25.9 Å². The van der Waals surface area contributed by atoms with Gasteiger partial charge in [-0.2, -0.15) is 0 Å². The number of rotatable bonds is 8. The highest BCUT2D eigenvalue weighted by Crippen LogP contribution is 2.32. The van der Waals surface area contributed by atoms with Crippen molar-refractivity contribution in [1.29, 1.82) is 0 Å². The summed E-state index contributed by atoms with van der Waals surface area (Å²) in [6, 6.07) is 0. The van der Waals surface area contributed by atoms with Gasteiger partial charge in [0.2, 0.25) is 5.72 Å². The van der Waals surface area contributed by atoms with Gasteiger partial charge in [0.15, 0.2) is 5.76 Å². The molecule has 0 saturated carbocycles. The maximum absolute atomic E-state index is 11.7. The second kappa shape index (κ2) is 8.68. The number of carboxylic acid groups (broad SMARTS) is 2. The lowest BCUT2D eigenvalue weighted by molar-refractivity contribution is -0.139. The third-order valence-corrected chi connectivity index (χ3v) is 4.09. The molecular formula is C17H24N2O6. The molecule has 0 amide bonds. The predicted molar refractivity (Wildman–Crippen MR) is 89.6 cm³/mol. The highest BCUT2D eigenvalue weighted by atomic mass is 16.6. The summed E-state index contributed by atoms with van der Waals surface area (Å²) in [5, 5.41) is 24.7. The summed E-state index contributed by atoms with van der Waals surface area (Å²) in [6.45, 7) is 4.07. The molecule has 0 aliphatic carbocycles. The number of dihydropyridines is 1. The fraction of sp³-hybridized carbons (Fsp3) is 0.529. The van der Waals surface area contributed by atoms with Crippen LogP contribution in [0.25, 0.3) is 0 Å². The fourth-order valence-corrected chi connectivity index (χ4v) is 2.97. The first-order chi connectivity index (χ1) is 12.0. The van der Waals surface area contributed by atoms with E-state index in [1.807, 2.05) is 0 Å². The van der Waals surface area contributed by atoms with Crippen LogP contribution in [-0.2, 0) is 19.1 Å². The molecule has 2 aliphatic heterocycles. The molecule has 8 nitrogen and oxygen atoms in total. The minimum atomic E-state index is -1.67. The smallest absolute Gasteiger partial charge is 0.337 e. The first-order valence-electron chi connectivity index (χ1n) is 8.30. The average molecular weight is 352 g/mol. The van der Waals surface area contributed by atoms with Gasteiger partial charge in [-0.1, -0.05) is 0 Å². The van der Waals surface area contributed by atoms with E-state index in [2.05, 4.69) is 10.6 Å². The average Bonchev–Trinajstić information content (AvgIpc) is 2.59. The lowest BCUT2D eigenvalue weighted by Gasteiger charge is -2.38. The number of aliphatic carboxylic acids is 2. The molecule has 2 heterocycles. The zero-order valence-electron chi connectivity index (χ0n) is 14.2. The van der Waals surface area contributed by atoms with E-state index < -0.39 is 23.2 Å². The van der Waals surface area contributed by atoms with E-state index in [1.165, 1.54) is 6.20 Å². The minimum Gasteiger partial charge on any atom is -0.492 e. The quantitative estimate of drug-likeness (QED) is 0.475. The van der Waals surface area contributed by atoms with Crippen LogP contribution in [-0.4, -0.2) is 54.2 Å². The number of nitrogens with one attached hydrogen (secondary N) is 2. The molecule has 0 aromatic carbocycles. The van der Waals surface area contributed by atoms with Crippen molar-refractivity contribution in [3.8, 4) is 0 Å². The van der Waals surface area contributed by atoms with Crippen LogP contribution in [0.2, 0.25) is 0 Å². The highest BCUT2D eigenvalue weighted by molar-refractivity contribution is 5.97. The van der Waals surface area contributed by atoms with Crippen LogP contribution in [0.4, 0.5) is 0 Å². The second-order valence-corrected chi connectivity index (χ2v) is 5.87. The fourth-order valence-electron chi connectivity index (χ4n) is 2.97. The molecule has 138 valence electrons. The van der Waals surface area contributed by atoms with Crippen molar-refractivity contribution in [3.05, 3.63) is 35.8 Å². The number of carbonyl (C=O) groups is 2. The summed E-state index contributed by atoms with van der Waals surface area (Å²) in [7, 11) is 0. The number of hydrogen-bond acceptors (Lipinski definition) is 6. The number of hydrogen-bond donors (Lipinski definition) is 4. The van der Waals surface area contributed by atoms with Gasteiger partial charge in [-0.15, -0.1) is 0 Å². The van der Waals surface area contributed by atoms with Crippen LogP contribution in [0, 0.1) is 5.92 Å². The van der Waals surface area contributed by atoms with Crippen LogP contribution >= 0.6 is 0 Å². The maximum Gasteiger partial charge on any atom is 0.337 e. The summed E-state index contributed by atoms with van der Waals surface area (Å²) in [6.07, 6.45) is 7.46. The molecule has 8 heteroatoms. The van der Waals surface area contributed by atoms with E-state index in [4.69, 9.17) is 14.6 Å². The Kier molecular flexibility index (Phi) is 6.60. The van der Waals surface area contributed by atoms with E-state index >= 15 is 0 Å². The van der Waals surface area contributed by atoms with E-state index in [-0.39, 0.29) is 12.4 Å². The molecule has 0 radical (unpaired) electrons. The molecule has 1 saturated heterocycles. The molecular weight excluding hydrogens is 328 g/mol. The van der Waals surface area contributed by atoms with Crippen LogP contribution in [0.15, 0.2) is 35.8 Å². The molecule has 4 N–H and O–H groups in total. The zero-order valence-corrected chi connectivity index (χ0v) is 14.2. The van der Waals surface area contributed by atoms with Crippen molar-refractivity contribution in [2.75, 3.05) is 26.3 Å². The van der Waals surface area contributed by atoms with Gasteiger partial charge in [0, 0.05) is 25.1 Å². The van der Waals surface area contributed by atoms with E-state index in [0.29, 0.717) is 18.6 Å². The SMILES string of the molecule is CCO[C@]1(/C(=C\C(=O)O)C(=O)O)NC=CC=C1OCC1CCCNC1. The number of ether oxygens (including phenoxy) is 2. The van der Waals surface area contributed by atoms with Gasteiger partial charge in [-0.25, -0.2) is 9.59 Å². The predicted octanol–water partition coefficient (Wildman–Crippen LogP) is 0.832. The minimum absolute atomic E-state index is 0.163. The van der Waals surface area contributed by atoms with Crippen LogP contribution < -0.4 is 10.6 Å². The summed E-state index contributed by atoms with van der Waals surface area (Å²) >= 11 is 0. The van der Waals surface area contributed by atoms with Crippen LogP contribution in [0.3, 0.4) is 0 Å². The Labute approximate surface area is 146 Å². The van der Waals surface area contributed by atoms with Gasteiger partial charge in [0.25, 0.3) is 0 Å². The Morgan fingerprint density at radius 2 is 2.24 bits per heavy atom. The highest BCUT2D eigenvalue weighted by Gasteiger charge is 2.45. The Morgan fingerprint density at radius 1 is 1.44 bits per heavy atom. The van der Waals surface area contributed by atoms with E-state index in [9.17, 15) is 14.7 Å². The molecule has 25 heavy (non-hydrogen) atoms. The van der Waals surface area contributed by atoms with Gasteiger partial charge in [0.05, 0.1) is 6.61 Å². The zero-order chi connectivity index (χ0) is 18.3. The normalized spacial score (nSPS) is 26.5. The molecule has 0 aromatic rings. The van der Waals surface area contributed by atoms with Gasteiger partial charge in [0.1, 0.15) is 5.57 Å². The number of piperidine rings is 1. The van der Waals surface area contributed by atoms with Crippen molar-refractivity contribution < 1.29 is 29.3 Å². The van der Waals surface area contributed by atoms with Crippen LogP contribution in [0.5, 0.6) is 0 Å². The monoisotopic (exact) mass is 352 g/mol. The van der Waals surface area contributed by atoms with Crippen molar-refractivity contribution in [3.63, 3.8) is 0 Å². The third kappa shape index (κ3) is 4.61. The molecule has 0 aromatic heterocycles. The molecule has 1 unspecified atom stereocenters. The van der Waals surface area contributed by atoms with Crippen molar-refractivity contribution >= 4 is 11.9 Å². The molecule has 2 rings (SSSR count). The number of carboxylic acids is 2. The Morgan fingerprint density at radius 3 is 2.84 bits per heavy atom. The molecule has 2 aliphatic rings.